The van der Waals surface area contributed by atoms with E-state index < -0.39 is 36.3 Å². The molecule has 0 spiro atoms. The van der Waals surface area contributed by atoms with Crippen LogP contribution in [-0.4, -0.2) is 52.1 Å². The van der Waals surface area contributed by atoms with Gasteiger partial charge in [0.2, 0.25) is 17.7 Å². The van der Waals surface area contributed by atoms with Crippen molar-refractivity contribution in [2.24, 2.45) is 58.0 Å². The molecule has 3 amide bonds. The van der Waals surface area contributed by atoms with E-state index in [1.807, 2.05) is 0 Å². The summed E-state index contributed by atoms with van der Waals surface area (Å²) in [6, 6.07) is -2.33. The Labute approximate surface area is 251 Å². The molecule has 0 heterocycles. The van der Waals surface area contributed by atoms with Crippen LogP contribution in [0.4, 0.5) is 0 Å². The number of carboxylic acid groups (broad SMARTS) is 1. The first-order valence-corrected chi connectivity index (χ1v) is 16.5. The van der Waals surface area contributed by atoms with E-state index in [4.69, 9.17) is 5.73 Å². The second kappa shape index (κ2) is 12.8. The van der Waals surface area contributed by atoms with Crippen LogP contribution in [0.3, 0.4) is 0 Å². The molecule has 6 N–H and O–H groups in total. The summed E-state index contributed by atoms with van der Waals surface area (Å²) in [4.78, 5) is 48.6. The van der Waals surface area contributed by atoms with Gasteiger partial charge in [-0.1, -0.05) is 34.6 Å². The van der Waals surface area contributed by atoms with Crippen LogP contribution in [0.25, 0.3) is 0 Å². The summed E-state index contributed by atoms with van der Waals surface area (Å²) >= 11 is 0. The minimum absolute atomic E-state index is 0.115. The molecule has 4 aliphatic rings. The predicted octanol–water partition coefficient (Wildman–Crippen LogP) is 4.01. The van der Waals surface area contributed by atoms with Gasteiger partial charge in [0.15, 0.2) is 0 Å². The smallest absolute Gasteiger partial charge is 0.326 e. The van der Waals surface area contributed by atoms with Crippen LogP contribution in [0.2, 0.25) is 0 Å². The second-order valence-corrected chi connectivity index (χ2v) is 15.2. The van der Waals surface area contributed by atoms with Gasteiger partial charge in [0.05, 0.1) is 12.5 Å². The van der Waals surface area contributed by atoms with Crippen molar-refractivity contribution in [3.63, 3.8) is 0 Å². The maximum atomic E-state index is 13.0. The first-order valence-electron chi connectivity index (χ1n) is 16.5. The Hall–Kier alpha value is -2.16. The third-order valence-electron chi connectivity index (χ3n) is 12.5. The van der Waals surface area contributed by atoms with Gasteiger partial charge in [-0.05, 0) is 116 Å². The third kappa shape index (κ3) is 6.51. The summed E-state index contributed by atoms with van der Waals surface area (Å²) in [6.07, 6.45) is 11.1. The molecule has 0 radical (unpaired) electrons. The van der Waals surface area contributed by atoms with Crippen molar-refractivity contribution >= 4 is 23.7 Å². The molecule has 0 aromatic heterocycles. The number of nitrogens with two attached hydrogens (primary N) is 1. The van der Waals surface area contributed by atoms with Crippen LogP contribution in [0.5, 0.6) is 0 Å². The Morgan fingerprint density at radius 3 is 2.21 bits per heavy atom. The number of aliphatic hydroxyl groups is 1. The average Bonchev–Trinajstić information content (AvgIpc) is 3.27. The van der Waals surface area contributed by atoms with Crippen molar-refractivity contribution in [1.82, 2.24) is 10.6 Å². The lowest BCUT2D eigenvalue weighted by atomic mass is 9.44. The first kappa shape index (κ1) is 32.7. The Morgan fingerprint density at radius 1 is 0.905 bits per heavy atom. The van der Waals surface area contributed by atoms with Gasteiger partial charge in [-0.15, -0.1) is 0 Å². The number of aliphatic carboxylic acids is 1. The Morgan fingerprint density at radius 2 is 1.57 bits per heavy atom. The molecule has 9 heteroatoms. The number of carboxylic acids is 1. The van der Waals surface area contributed by atoms with E-state index in [1.165, 1.54) is 38.5 Å². The molecule has 238 valence electrons. The summed E-state index contributed by atoms with van der Waals surface area (Å²) in [5.41, 5.74) is 5.79. The predicted molar refractivity (Wildman–Crippen MR) is 160 cm³/mol. The summed E-state index contributed by atoms with van der Waals surface area (Å²) in [5.74, 6) is 0.626. The molecule has 42 heavy (non-hydrogen) atoms. The minimum atomic E-state index is -1.43. The average molecular weight is 590 g/mol. The molecule has 9 nitrogen and oxygen atoms in total. The van der Waals surface area contributed by atoms with Gasteiger partial charge in [-0.3, -0.25) is 14.4 Å². The number of carbonyl (C=O) groups excluding carboxylic acids is 3. The molecule has 11 atom stereocenters. The summed E-state index contributed by atoms with van der Waals surface area (Å²) in [5, 5.41) is 24.9. The largest absolute Gasteiger partial charge is 0.480 e. The van der Waals surface area contributed by atoms with Crippen LogP contribution < -0.4 is 16.4 Å². The normalized spacial score (nSPS) is 37.9. The number of primary amides is 1. The molecule has 4 aliphatic carbocycles. The van der Waals surface area contributed by atoms with E-state index in [9.17, 15) is 29.4 Å². The minimum Gasteiger partial charge on any atom is -0.480 e. The fourth-order valence-electron chi connectivity index (χ4n) is 10.2. The molecule has 0 bridgehead atoms. The van der Waals surface area contributed by atoms with Crippen LogP contribution in [0.1, 0.15) is 112 Å². The number of fused-ring (bicyclic) bond motifs is 5. The molecule has 4 fully saturated rings. The van der Waals surface area contributed by atoms with Crippen molar-refractivity contribution in [1.29, 1.82) is 0 Å². The van der Waals surface area contributed by atoms with Gasteiger partial charge >= 0.3 is 5.97 Å². The molecule has 0 aromatic carbocycles. The van der Waals surface area contributed by atoms with Crippen LogP contribution in [0, 0.1) is 52.3 Å². The molecule has 0 saturated heterocycles. The summed E-state index contributed by atoms with van der Waals surface area (Å²) < 4.78 is 0. The van der Waals surface area contributed by atoms with E-state index in [0.29, 0.717) is 35.0 Å². The molecule has 0 aliphatic heterocycles. The van der Waals surface area contributed by atoms with Crippen LogP contribution in [0.15, 0.2) is 0 Å². The van der Waals surface area contributed by atoms with E-state index in [-0.39, 0.29) is 17.9 Å². The van der Waals surface area contributed by atoms with Crippen molar-refractivity contribution < 1.29 is 29.4 Å². The van der Waals surface area contributed by atoms with Gasteiger partial charge in [-0.25, -0.2) is 4.79 Å². The second-order valence-electron chi connectivity index (χ2n) is 15.2. The Bertz CT molecular complexity index is 1030. The number of hydrogen-bond donors (Lipinski definition) is 5. The lowest BCUT2D eigenvalue weighted by molar-refractivity contribution is -0.144. The zero-order valence-electron chi connectivity index (χ0n) is 26.4. The maximum Gasteiger partial charge on any atom is 0.326 e. The molecular formula is C33H55N3O6. The zero-order valence-corrected chi connectivity index (χ0v) is 26.4. The zero-order chi connectivity index (χ0) is 31.0. The highest BCUT2D eigenvalue weighted by molar-refractivity contribution is 5.92. The number of rotatable bonds is 11. The SMILES string of the molecule is CC(C)C(NC(=O)CCC(C)[C@H]1CC[C@H]2[C@@H]3CC[C@@H]4C[C@H](O)CC[C@]4(C)[C@H]3CC[C@]12C)C(=O)NC(CC(N)=O)C(=O)O. The topological polar surface area (TPSA) is 159 Å². The van der Waals surface area contributed by atoms with Gasteiger partial charge in [0.25, 0.3) is 0 Å². The van der Waals surface area contributed by atoms with Crippen molar-refractivity contribution in [2.75, 3.05) is 0 Å². The maximum absolute atomic E-state index is 13.0. The van der Waals surface area contributed by atoms with Crippen LogP contribution >= 0.6 is 0 Å². The van der Waals surface area contributed by atoms with Gasteiger partial charge in [0, 0.05) is 6.42 Å². The molecule has 4 saturated carbocycles. The number of carbonyl (C=O) groups is 4. The van der Waals surface area contributed by atoms with Gasteiger partial charge in [0.1, 0.15) is 12.1 Å². The molecule has 4 rings (SSSR count). The fourth-order valence-corrected chi connectivity index (χ4v) is 10.2. The molecule has 0 aromatic rings. The third-order valence-corrected chi connectivity index (χ3v) is 12.5. The molecular weight excluding hydrogens is 534 g/mol. The first-order chi connectivity index (χ1) is 19.7. The van der Waals surface area contributed by atoms with Gasteiger partial charge in [-0.2, -0.15) is 0 Å². The molecule has 3 unspecified atom stereocenters. The number of amides is 3. The van der Waals surface area contributed by atoms with E-state index in [2.05, 4.69) is 31.4 Å². The Balaban J connectivity index is 1.33. The van der Waals surface area contributed by atoms with Crippen molar-refractivity contribution in [2.45, 2.75) is 130 Å². The monoisotopic (exact) mass is 589 g/mol. The summed E-state index contributed by atoms with van der Waals surface area (Å²) in [6.45, 7) is 10.9. The van der Waals surface area contributed by atoms with Crippen LogP contribution in [-0.2, 0) is 19.2 Å². The number of hydrogen-bond acceptors (Lipinski definition) is 5. The quantitative estimate of drug-likeness (QED) is 0.245. The number of nitrogens with one attached hydrogen (secondary N) is 2. The van der Waals surface area contributed by atoms with Crippen molar-refractivity contribution in [3.8, 4) is 0 Å². The lowest BCUT2D eigenvalue weighted by Gasteiger charge is -2.61. The lowest BCUT2D eigenvalue weighted by Crippen LogP contribution is -2.54. The highest BCUT2D eigenvalue weighted by Gasteiger charge is 2.60. The summed E-state index contributed by atoms with van der Waals surface area (Å²) in [7, 11) is 0. The fraction of sp³-hybridized carbons (Fsp3) is 0.879. The number of aliphatic hydroxyl groups excluding tert-OH is 1. The van der Waals surface area contributed by atoms with Gasteiger partial charge < -0.3 is 26.6 Å². The van der Waals surface area contributed by atoms with E-state index >= 15 is 0 Å². The standard InChI is InChI=1S/C33H55N3O6/c1-18(2)29(30(40)35-26(31(41)42)17-27(34)38)36-28(39)11-6-19(3)23-9-10-24-22-8-7-20-16-21(37)12-14-32(20,4)25(22)13-15-33(23,24)5/h18-26,29,37H,6-17H2,1-5H3,(H2,34,38)(H,35,40)(H,36,39)(H,41,42)/t19?,20-,21-,22+,23-,24+,25+,26?,29?,32+,33-/m1/s1. The highest BCUT2D eigenvalue weighted by Crippen LogP contribution is 2.68. The highest BCUT2D eigenvalue weighted by atomic mass is 16.4. The Kier molecular flexibility index (Phi) is 10.0. The van der Waals surface area contributed by atoms with E-state index in [0.717, 1.165) is 43.4 Å². The van der Waals surface area contributed by atoms with Crippen molar-refractivity contribution in [3.05, 3.63) is 0 Å². The van der Waals surface area contributed by atoms with E-state index in [1.54, 1.807) is 13.8 Å².